The first-order valence-electron chi connectivity index (χ1n) is 8.73. The van der Waals surface area contributed by atoms with E-state index in [1.807, 2.05) is 30.3 Å². The smallest absolute Gasteiger partial charge is 0.239 e. The van der Waals surface area contributed by atoms with Crippen LogP contribution in [0.25, 0.3) is 0 Å². The molecule has 0 saturated carbocycles. The van der Waals surface area contributed by atoms with E-state index in [0.717, 1.165) is 17.7 Å². The minimum absolute atomic E-state index is 0.0693. The van der Waals surface area contributed by atoms with Gasteiger partial charge in [0.05, 0.1) is 6.04 Å². The fourth-order valence-electron chi connectivity index (χ4n) is 3.13. The largest absolute Gasteiger partial charge is 0.490 e. The number of nitrogens with zero attached hydrogens (tertiary/aromatic N) is 1. The number of carbonyl (C=O) groups excluding carboxylic acids is 1. The molecule has 4 nitrogen and oxygen atoms in total. The molecule has 1 fully saturated rings. The van der Waals surface area contributed by atoms with E-state index in [1.54, 1.807) is 4.90 Å². The van der Waals surface area contributed by atoms with E-state index in [0.29, 0.717) is 38.1 Å². The molecule has 0 spiro atoms. The molecule has 1 heterocycles. The second-order valence-electron chi connectivity index (χ2n) is 6.51. The summed E-state index contributed by atoms with van der Waals surface area (Å²) in [5.74, 6) is -1.60. The predicted molar refractivity (Wildman–Crippen MR) is 94.7 cm³/mol. The Morgan fingerprint density at radius 2 is 1.81 bits per heavy atom. The molecule has 3 rings (SSSR count). The number of likely N-dealkylation sites (tertiary alicyclic amines) is 1. The highest BCUT2D eigenvalue weighted by atomic mass is 19.2. The summed E-state index contributed by atoms with van der Waals surface area (Å²) in [6.45, 7) is 1.07. The SMILES string of the molecule is N[C@@H](Cc1ccccc1)C(=O)N1CCC(Oc2ccc(F)c(F)c2)CC1. The van der Waals surface area contributed by atoms with Crippen molar-refractivity contribution >= 4 is 5.91 Å². The van der Waals surface area contributed by atoms with Gasteiger partial charge in [-0.3, -0.25) is 4.79 Å². The van der Waals surface area contributed by atoms with Crippen LogP contribution in [0.5, 0.6) is 5.75 Å². The number of benzene rings is 2. The van der Waals surface area contributed by atoms with Gasteiger partial charge >= 0.3 is 0 Å². The number of ether oxygens (including phenoxy) is 1. The Bertz CT molecular complexity index is 747. The molecule has 6 heteroatoms. The zero-order valence-corrected chi connectivity index (χ0v) is 14.4. The first-order chi connectivity index (χ1) is 12.5. The van der Waals surface area contributed by atoms with E-state index in [4.69, 9.17) is 10.5 Å². The summed E-state index contributed by atoms with van der Waals surface area (Å²) in [6, 6.07) is 12.6. The van der Waals surface area contributed by atoms with E-state index in [-0.39, 0.29) is 12.0 Å². The lowest BCUT2D eigenvalue weighted by molar-refractivity contribution is -0.134. The number of rotatable bonds is 5. The molecule has 26 heavy (non-hydrogen) atoms. The van der Waals surface area contributed by atoms with Gasteiger partial charge in [0.1, 0.15) is 11.9 Å². The molecule has 1 amide bonds. The van der Waals surface area contributed by atoms with Gasteiger partial charge in [0, 0.05) is 32.0 Å². The molecule has 1 saturated heterocycles. The molecule has 0 radical (unpaired) electrons. The lowest BCUT2D eigenvalue weighted by Crippen LogP contribution is -2.49. The maximum absolute atomic E-state index is 13.2. The second-order valence-corrected chi connectivity index (χ2v) is 6.51. The summed E-state index contributed by atoms with van der Waals surface area (Å²) in [5.41, 5.74) is 7.10. The second kappa shape index (κ2) is 8.27. The van der Waals surface area contributed by atoms with Crippen molar-refractivity contribution in [2.45, 2.75) is 31.4 Å². The molecule has 0 unspecified atom stereocenters. The minimum atomic E-state index is -0.929. The summed E-state index contributed by atoms with van der Waals surface area (Å²) in [4.78, 5) is 14.3. The number of nitrogens with two attached hydrogens (primary N) is 1. The van der Waals surface area contributed by atoms with Gasteiger partial charge in [-0.1, -0.05) is 30.3 Å². The van der Waals surface area contributed by atoms with E-state index in [9.17, 15) is 13.6 Å². The van der Waals surface area contributed by atoms with Gasteiger partial charge in [-0.15, -0.1) is 0 Å². The third-order valence-electron chi connectivity index (χ3n) is 4.56. The highest BCUT2D eigenvalue weighted by molar-refractivity contribution is 5.82. The van der Waals surface area contributed by atoms with Crippen molar-refractivity contribution in [3.05, 3.63) is 65.7 Å². The van der Waals surface area contributed by atoms with Crippen LogP contribution in [0.2, 0.25) is 0 Å². The van der Waals surface area contributed by atoms with Gasteiger partial charge in [0.2, 0.25) is 5.91 Å². The molecule has 0 bridgehead atoms. The van der Waals surface area contributed by atoms with Crippen LogP contribution in [0, 0.1) is 11.6 Å². The Morgan fingerprint density at radius 1 is 1.12 bits per heavy atom. The van der Waals surface area contributed by atoms with Crippen LogP contribution >= 0.6 is 0 Å². The summed E-state index contributed by atoms with van der Waals surface area (Å²) >= 11 is 0. The lowest BCUT2D eigenvalue weighted by Gasteiger charge is -2.33. The monoisotopic (exact) mass is 360 g/mol. The third-order valence-corrected chi connectivity index (χ3v) is 4.56. The van der Waals surface area contributed by atoms with E-state index < -0.39 is 17.7 Å². The van der Waals surface area contributed by atoms with Crippen LogP contribution in [0.4, 0.5) is 8.78 Å². The highest BCUT2D eigenvalue weighted by Gasteiger charge is 2.27. The molecule has 1 aliphatic rings. The molecule has 1 aliphatic heterocycles. The number of piperidine rings is 1. The molecule has 0 aliphatic carbocycles. The van der Waals surface area contributed by atoms with Crippen molar-refractivity contribution in [1.82, 2.24) is 4.90 Å². The molecule has 2 N–H and O–H groups in total. The molecule has 2 aromatic carbocycles. The van der Waals surface area contributed by atoms with Crippen molar-refractivity contribution in [1.29, 1.82) is 0 Å². The van der Waals surface area contributed by atoms with Crippen LogP contribution in [-0.2, 0) is 11.2 Å². The number of amides is 1. The third kappa shape index (κ3) is 4.58. The maximum atomic E-state index is 13.2. The first-order valence-corrected chi connectivity index (χ1v) is 8.73. The standard InChI is InChI=1S/C20H22F2N2O2/c21-17-7-6-16(13-18(17)22)26-15-8-10-24(11-9-15)20(25)19(23)12-14-4-2-1-3-5-14/h1-7,13,15,19H,8-12,23H2/t19-/m0/s1. The van der Waals surface area contributed by atoms with E-state index in [1.165, 1.54) is 6.07 Å². The van der Waals surface area contributed by atoms with Crippen LogP contribution in [-0.4, -0.2) is 36.0 Å². The zero-order valence-electron chi connectivity index (χ0n) is 14.4. The predicted octanol–water partition coefficient (Wildman–Crippen LogP) is 2.90. The van der Waals surface area contributed by atoms with E-state index >= 15 is 0 Å². The van der Waals surface area contributed by atoms with Crippen molar-refractivity contribution in [3.8, 4) is 5.75 Å². The Labute approximate surface area is 151 Å². The van der Waals surface area contributed by atoms with Gasteiger partial charge < -0.3 is 15.4 Å². The quantitative estimate of drug-likeness (QED) is 0.892. The highest BCUT2D eigenvalue weighted by Crippen LogP contribution is 2.21. The average molecular weight is 360 g/mol. The molecule has 0 aromatic heterocycles. The Morgan fingerprint density at radius 3 is 2.46 bits per heavy atom. The maximum Gasteiger partial charge on any atom is 0.239 e. The van der Waals surface area contributed by atoms with Crippen molar-refractivity contribution in [2.75, 3.05) is 13.1 Å². The van der Waals surface area contributed by atoms with Gasteiger partial charge in [0.15, 0.2) is 11.6 Å². The normalized spacial score (nSPS) is 16.3. The van der Waals surface area contributed by atoms with Crippen molar-refractivity contribution in [3.63, 3.8) is 0 Å². The summed E-state index contributed by atoms with van der Waals surface area (Å²) < 4.78 is 31.9. The number of hydrogen-bond acceptors (Lipinski definition) is 3. The fourth-order valence-corrected chi connectivity index (χ4v) is 3.13. The summed E-state index contributed by atoms with van der Waals surface area (Å²) in [7, 11) is 0. The lowest BCUT2D eigenvalue weighted by atomic mass is 10.0. The zero-order chi connectivity index (χ0) is 18.5. The molecule has 2 aromatic rings. The Hall–Kier alpha value is -2.47. The summed E-state index contributed by atoms with van der Waals surface area (Å²) in [6.07, 6.45) is 1.63. The van der Waals surface area contributed by atoms with Gasteiger partial charge in [-0.25, -0.2) is 8.78 Å². The minimum Gasteiger partial charge on any atom is -0.490 e. The van der Waals surface area contributed by atoms with Crippen molar-refractivity contribution in [2.24, 2.45) is 5.73 Å². The molecular weight excluding hydrogens is 338 g/mol. The van der Waals surface area contributed by atoms with Crippen LogP contribution in [0.15, 0.2) is 48.5 Å². The fraction of sp³-hybridized carbons (Fsp3) is 0.350. The molecule has 138 valence electrons. The topological polar surface area (TPSA) is 55.6 Å². The van der Waals surface area contributed by atoms with Crippen molar-refractivity contribution < 1.29 is 18.3 Å². The molecule has 1 atom stereocenters. The summed E-state index contributed by atoms with van der Waals surface area (Å²) in [5, 5.41) is 0. The number of hydrogen-bond donors (Lipinski definition) is 1. The molecular formula is C20H22F2N2O2. The number of halogens is 2. The first kappa shape index (κ1) is 18.3. The average Bonchev–Trinajstić information content (AvgIpc) is 2.65. The van der Waals surface area contributed by atoms with Gasteiger partial charge in [0.25, 0.3) is 0 Å². The Kier molecular flexibility index (Phi) is 5.83. The van der Waals surface area contributed by atoms with Crippen LogP contribution < -0.4 is 10.5 Å². The number of carbonyl (C=O) groups is 1. The van der Waals surface area contributed by atoms with Crippen LogP contribution in [0.3, 0.4) is 0 Å². The van der Waals surface area contributed by atoms with E-state index in [2.05, 4.69) is 0 Å². The van der Waals surface area contributed by atoms with Crippen LogP contribution in [0.1, 0.15) is 18.4 Å². The Balaban J connectivity index is 1.49. The van der Waals surface area contributed by atoms with Gasteiger partial charge in [-0.2, -0.15) is 0 Å². The van der Waals surface area contributed by atoms with Gasteiger partial charge in [-0.05, 0) is 24.1 Å².